The third-order valence-electron chi connectivity index (χ3n) is 5.35. The van der Waals surface area contributed by atoms with Crippen LogP contribution in [0.3, 0.4) is 0 Å². The van der Waals surface area contributed by atoms with E-state index in [0.29, 0.717) is 17.5 Å². The number of nitrogens with zero attached hydrogens (tertiary/aromatic N) is 3. The van der Waals surface area contributed by atoms with E-state index >= 15 is 0 Å². The molecule has 8 heteroatoms. The van der Waals surface area contributed by atoms with Gasteiger partial charge in [0.05, 0.1) is 30.7 Å². The number of methoxy groups -OCH3 is 1. The molecule has 1 N–H and O–H groups in total. The van der Waals surface area contributed by atoms with Gasteiger partial charge >= 0.3 is 0 Å². The van der Waals surface area contributed by atoms with Crippen LogP contribution in [0.1, 0.15) is 22.9 Å². The van der Waals surface area contributed by atoms with Crippen molar-refractivity contribution in [3.63, 3.8) is 0 Å². The van der Waals surface area contributed by atoms with Crippen LogP contribution in [0.5, 0.6) is 5.75 Å². The van der Waals surface area contributed by atoms with Gasteiger partial charge in [-0.05, 0) is 36.2 Å². The molecular weight excluding hydrogens is 448 g/mol. The second-order valence-corrected chi connectivity index (χ2v) is 8.51. The molecule has 2 heterocycles. The predicted octanol–water partition coefficient (Wildman–Crippen LogP) is 5.04. The minimum absolute atomic E-state index is 0.108. The Morgan fingerprint density at radius 2 is 1.88 bits per heavy atom. The summed E-state index contributed by atoms with van der Waals surface area (Å²) in [6.07, 6.45) is 3.41. The fraction of sp³-hybridized carbons (Fsp3) is 0.192. The molecule has 4 rings (SSSR count). The maximum atomic E-state index is 13.0. The fourth-order valence-electron chi connectivity index (χ4n) is 3.64. The number of thioether (sulfide) groups is 1. The van der Waals surface area contributed by atoms with Crippen molar-refractivity contribution in [2.24, 2.45) is 0 Å². The molecule has 0 spiro atoms. The highest BCUT2D eigenvalue weighted by atomic mass is 32.2. The Balaban J connectivity index is 1.51. The Morgan fingerprint density at radius 3 is 2.53 bits per heavy atom. The highest BCUT2D eigenvalue weighted by Crippen LogP contribution is 2.28. The van der Waals surface area contributed by atoms with Crippen molar-refractivity contribution in [3.05, 3.63) is 96.5 Å². The zero-order chi connectivity index (χ0) is 23.9. The number of carbonyl (C=O) groups is 1. The average molecular weight is 475 g/mol. The van der Waals surface area contributed by atoms with Crippen LogP contribution in [0.4, 0.5) is 0 Å². The first-order valence-electron chi connectivity index (χ1n) is 10.8. The third kappa shape index (κ3) is 5.23. The van der Waals surface area contributed by atoms with E-state index < -0.39 is 0 Å². The Bertz CT molecular complexity index is 1250. The smallest absolute Gasteiger partial charge is 0.231 e. The van der Waals surface area contributed by atoms with Crippen LogP contribution in [0, 0.1) is 6.92 Å². The number of furan rings is 1. The lowest BCUT2D eigenvalue weighted by atomic mass is 9.98. The van der Waals surface area contributed by atoms with Crippen LogP contribution in [-0.4, -0.2) is 33.5 Å². The molecule has 1 atom stereocenters. The molecule has 1 amide bonds. The number of nitrogens with one attached hydrogen (secondary N) is 1. The highest BCUT2D eigenvalue weighted by molar-refractivity contribution is 7.99. The Hall–Kier alpha value is -3.78. The summed E-state index contributed by atoms with van der Waals surface area (Å²) >= 11 is 1.34. The molecule has 34 heavy (non-hydrogen) atoms. The molecule has 2 aromatic heterocycles. The molecular formula is C26H26N4O3S. The van der Waals surface area contributed by atoms with Gasteiger partial charge in [-0.2, -0.15) is 0 Å². The van der Waals surface area contributed by atoms with Gasteiger partial charge in [-0.3, -0.25) is 9.36 Å². The lowest BCUT2D eigenvalue weighted by Gasteiger charge is -2.20. The zero-order valence-corrected chi connectivity index (χ0v) is 19.9. The van der Waals surface area contributed by atoms with E-state index in [9.17, 15) is 4.79 Å². The second kappa shape index (κ2) is 10.9. The van der Waals surface area contributed by atoms with Crippen molar-refractivity contribution in [1.82, 2.24) is 20.1 Å². The summed E-state index contributed by atoms with van der Waals surface area (Å²) in [6.45, 7) is 6.24. The second-order valence-electron chi connectivity index (χ2n) is 7.57. The molecule has 4 aromatic rings. The van der Waals surface area contributed by atoms with Gasteiger partial charge in [0, 0.05) is 6.54 Å². The van der Waals surface area contributed by atoms with E-state index in [1.165, 1.54) is 11.8 Å². The van der Waals surface area contributed by atoms with Crippen molar-refractivity contribution in [3.8, 4) is 17.1 Å². The molecule has 0 bridgehead atoms. The van der Waals surface area contributed by atoms with Crippen molar-refractivity contribution in [1.29, 1.82) is 0 Å². The number of ether oxygens (including phenoxy) is 1. The van der Waals surface area contributed by atoms with E-state index in [1.54, 1.807) is 19.4 Å². The maximum absolute atomic E-state index is 13.0. The van der Waals surface area contributed by atoms with E-state index in [0.717, 1.165) is 28.2 Å². The normalized spacial score (nSPS) is 11.7. The number of carbonyl (C=O) groups excluding carboxylic acids is 1. The maximum Gasteiger partial charge on any atom is 0.231 e. The molecule has 0 aliphatic carbocycles. The van der Waals surface area contributed by atoms with Crippen LogP contribution < -0.4 is 10.1 Å². The number of rotatable bonds is 10. The number of allylic oxidation sites excluding steroid dienone is 1. The predicted molar refractivity (Wildman–Crippen MR) is 133 cm³/mol. The molecule has 0 aliphatic heterocycles. The summed E-state index contributed by atoms with van der Waals surface area (Å²) in [4.78, 5) is 13.0. The quantitative estimate of drug-likeness (QED) is 0.256. The van der Waals surface area contributed by atoms with Crippen molar-refractivity contribution < 1.29 is 13.9 Å². The van der Waals surface area contributed by atoms with Crippen LogP contribution in [0.2, 0.25) is 0 Å². The molecule has 2 aromatic carbocycles. The van der Waals surface area contributed by atoms with Gasteiger partial charge < -0.3 is 14.5 Å². The molecule has 0 saturated carbocycles. The molecule has 0 unspecified atom stereocenters. The number of hydrogen-bond acceptors (Lipinski definition) is 6. The molecule has 174 valence electrons. The van der Waals surface area contributed by atoms with E-state index in [1.807, 2.05) is 72.2 Å². The Morgan fingerprint density at radius 1 is 1.15 bits per heavy atom. The fourth-order valence-corrected chi connectivity index (χ4v) is 4.40. The minimum atomic E-state index is -0.282. The summed E-state index contributed by atoms with van der Waals surface area (Å²) in [6, 6.07) is 19.2. The highest BCUT2D eigenvalue weighted by Gasteiger charge is 2.20. The zero-order valence-electron chi connectivity index (χ0n) is 19.1. The monoisotopic (exact) mass is 474 g/mol. The van der Waals surface area contributed by atoms with Crippen molar-refractivity contribution in [2.45, 2.75) is 24.7 Å². The van der Waals surface area contributed by atoms with Crippen molar-refractivity contribution in [2.75, 3.05) is 12.9 Å². The lowest BCUT2D eigenvalue weighted by Crippen LogP contribution is -2.30. The largest absolute Gasteiger partial charge is 0.497 e. The molecule has 0 radical (unpaired) electrons. The molecule has 0 aliphatic rings. The summed E-state index contributed by atoms with van der Waals surface area (Å²) in [5, 5.41) is 12.4. The van der Waals surface area contributed by atoms with Gasteiger partial charge in [-0.25, -0.2) is 0 Å². The van der Waals surface area contributed by atoms with Crippen molar-refractivity contribution >= 4 is 17.7 Å². The Labute approximate surface area is 202 Å². The van der Waals surface area contributed by atoms with Crippen LogP contribution in [-0.2, 0) is 11.3 Å². The first-order valence-corrected chi connectivity index (χ1v) is 11.8. The average Bonchev–Trinajstić information content (AvgIpc) is 3.47. The van der Waals surface area contributed by atoms with Gasteiger partial charge in [0.1, 0.15) is 11.5 Å². The number of aryl methyl sites for hydroxylation is 1. The molecule has 0 fully saturated rings. The van der Waals surface area contributed by atoms with Crippen LogP contribution >= 0.6 is 11.8 Å². The lowest BCUT2D eigenvalue weighted by molar-refractivity contribution is -0.119. The van der Waals surface area contributed by atoms with Gasteiger partial charge in [0.2, 0.25) is 5.91 Å². The van der Waals surface area contributed by atoms with Gasteiger partial charge in [-0.15, -0.1) is 16.8 Å². The summed E-state index contributed by atoms with van der Waals surface area (Å²) in [5.41, 5.74) is 2.84. The number of hydrogen-bond donors (Lipinski definition) is 1. The van der Waals surface area contributed by atoms with Crippen LogP contribution in [0.25, 0.3) is 11.4 Å². The van der Waals surface area contributed by atoms with Gasteiger partial charge in [0.15, 0.2) is 11.0 Å². The van der Waals surface area contributed by atoms with E-state index in [2.05, 4.69) is 22.1 Å². The number of benzene rings is 2. The summed E-state index contributed by atoms with van der Waals surface area (Å²) < 4.78 is 12.6. The Kier molecular flexibility index (Phi) is 7.49. The first kappa shape index (κ1) is 23.4. The topological polar surface area (TPSA) is 82.2 Å². The van der Waals surface area contributed by atoms with Crippen LogP contribution in [0.15, 0.2) is 89.2 Å². The first-order chi connectivity index (χ1) is 16.6. The minimum Gasteiger partial charge on any atom is -0.497 e. The molecule has 0 saturated heterocycles. The van der Waals surface area contributed by atoms with E-state index in [4.69, 9.17) is 9.15 Å². The standard InChI is InChI=1S/C26H26N4O3S/c1-4-15-30-25(22-14-16-33-18(22)2)28-29-26(30)34-17-23(31)27-24(19-8-6-5-7-9-19)20-10-12-21(32-3)13-11-20/h4-14,16,24H,1,15,17H2,2-3H3,(H,27,31)/t24-/m0/s1. The number of amides is 1. The SMILES string of the molecule is C=CCn1c(SCC(=O)N[C@@H](c2ccccc2)c2ccc(OC)cc2)nnc1-c1ccoc1C. The summed E-state index contributed by atoms with van der Waals surface area (Å²) in [7, 11) is 1.63. The summed E-state index contributed by atoms with van der Waals surface area (Å²) in [5.74, 6) is 2.30. The number of aromatic nitrogens is 3. The molecule has 7 nitrogen and oxygen atoms in total. The van der Waals surface area contributed by atoms with Gasteiger partial charge in [0.25, 0.3) is 0 Å². The van der Waals surface area contributed by atoms with E-state index in [-0.39, 0.29) is 17.7 Å². The third-order valence-corrected chi connectivity index (χ3v) is 6.31. The van der Waals surface area contributed by atoms with Gasteiger partial charge in [-0.1, -0.05) is 60.3 Å².